The zero-order valence-electron chi connectivity index (χ0n) is 14.8. The van der Waals surface area contributed by atoms with Crippen LogP contribution in [0, 0.1) is 0 Å². The van der Waals surface area contributed by atoms with Gasteiger partial charge in [0, 0.05) is 5.56 Å². The molecule has 1 amide bonds. The number of sulfonamides is 1. The molecule has 1 aliphatic rings. The standard InChI is InChI=1S/C19H17N3O4S/c1-12(2)13-7-9-14(10-8-13)18-20-17(26-21-18)11-22-19(23)15-5-3-4-6-16(15)27(22,24)25/h3-10,12H,11H2,1-2H3. The Labute approximate surface area is 156 Å². The summed E-state index contributed by atoms with van der Waals surface area (Å²) in [6.45, 7) is 3.91. The van der Waals surface area contributed by atoms with Crippen LogP contribution >= 0.6 is 0 Å². The summed E-state index contributed by atoms with van der Waals surface area (Å²) in [7, 11) is -3.91. The second kappa shape index (κ2) is 6.31. The zero-order chi connectivity index (χ0) is 19.2. The molecule has 0 atom stereocenters. The second-order valence-electron chi connectivity index (χ2n) is 6.60. The Morgan fingerprint density at radius 1 is 1.07 bits per heavy atom. The number of hydrogen-bond donors (Lipinski definition) is 0. The molecule has 8 heteroatoms. The first-order valence-corrected chi connectivity index (χ1v) is 9.91. The van der Waals surface area contributed by atoms with Gasteiger partial charge >= 0.3 is 0 Å². The van der Waals surface area contributed by atoms with Gasteiger partial charge in [-0.2, -0.15) is 4.98 Å². The summed E-state index contributed by atoms with van der Waals surface area (Å²) >= 11 is 0. The van der Waals surface area contributed by atoms with Crippen LogP contribution in [0.5, 0.6) is 0 Å². The fourth-order valence-corrected chi connectivity index (χ4v) is 4.48. The monoisotopic (exact) mass is 383 g/mol. The van der Waals surface area contributed by atoms with Crippen LogP contribution < -0.4 is 0 Å². The number of aromatic nitrogens is 2. The number of rotatable bonds is 4. The highest BCUT2D eigenvalue weighted by Gasteiger charge is 2.41. The average molecular weight is 383 g/mol. The van der Waals surface area contributed by atoms with Crippen molar-refractivity contribution in [1.82, 2.24) is 14.4 Å². The minimum atomic E-state index is -3.91. The van der Waals surface area contributed by atoms with Crippen molar-refractivity contribution in [3.05, 3.63) is 65.5 Å². The van der Waals surface area contributed by atoms with Gasteiger partial charge in [0.05, 0.1) is 5.56 Å². The number of nitrogens with zero attached hydrogens (tertiary/aromatic N) is 3. The minimum Gasteiger partial charge on any atom is -0.337 e. The number of carbonyl (C=O) groups is 1. The molecule has 7 nitrogen and oxygen atoms in total. The molecule has 0 saturated carbocycles. The van der Waals surface area contributed by atoms with Crippen LogP contribution in [0.1, 0.15) is 41.6 Å². The highest BCUT2D eigenvalue weighted by atomic mass is 32.2. The first-order chi connectivity index (χ1) is 12.9. The van der Waals surface area contributed by atoms with Crippen LogP contribution in [0.25, 0.3) is 11.4 Å². The Kier molecular flexibility index (Phi) is 4.07. The van der Waals surface area contributed by atoms with E-state index in [0.717, 1.165) is 9.87 Å². The van der Waals surface area contributed by atoms with Gasteiger partial charge in [-0.05, 0) is 23.6 Å². The van der Waals surface area contributed by atoms with Crippen molar-refractivity contribution in [2.75, 3.05) is 0 Å². The number of fused-ring (bicyclic) bond motifs is 1. The summed E-state index contributed by atoms with van der Waals surface area (Å²) in [6.07, 6.45) is 0. The minimum absolute atomic E-state index is 0.000914. The van der Waals surface area contributed by atoms with Crippen molar-refractivity contribution < 1.29 is 17.7 Å². The van der Waals surface area contributed by atoms with E-state index in [1.807, 2.05) is 24.3 Å². The summed E-state index contributed by atoms with van der Waals surface area (Å²) in [5, 5.41) is 3.91. The smallest absolute Gasteiger partial charge is 0.269 e. The van der Waals surface area contributed by atoms with E-state index < -0.39 is 15.9 Å². The van der Waals surface area contributed by atoms with E-state index in [1.165, 1.54) is 17.7 Å². The fourth-order valence-electron chi connectivity index (χ4n) is 2.96. The molecule has 138 valence electrons. The van der Waals surface area contributed by atoms with Gasteiger partial charge in [0.25, 0.3) is 15.9 Å². The van der Waals surface area contributed by atoms with Gasteiger partial charge < -0.3 is 4.52 Å². The maximum absolute atomic E-state index is 12.6. The van der Waals surface area contributed by atoms with Crippen LogP contribution in [0.15, 0.2) is 57.9 Å². The van der Waals surface area contributed by atoms with E-state index in [4.69, 9.17) is 4.52 Å². The summed E-state index contributed by atoms with van der Waals surface area (Å²) in [4.78, 5) is 16.7. The maximum Gasteiger partial charge on any atom is 0.269 e. The van der Waals surface area contributed by atoms with Gasteiger partial charge in [0.2, 0.25) is 11.7 Å². The lowest BCUT2D eigenvalue weighted by atomic mass is 10.0. The lowest BCUT2D eigenvalue weighted by Crippen LogP contribution is -2.29. The Morgan fingerprint density at radius 3 is 2.44 bits per heavy atom. The molecule has 27 heavy (non-hydrogen) atoms. The molecular formula is C19H17N3O4S. The third kappa shape index (κ3) is 2.91. The molecule has 0 radical (unpaired) electrons. The van der Waals surface area contributed by atoms with E-state index in [9.17, 15) is 13.2 Å². The number of benzene rings is 2. The molecule has 1 aliphatic heterocycles. The molecule has 4 rings (SSSR count). The van der Waals surface area contributed by atoms with E-state index in [2.05, 4.69) is 24.0 Å². The predicted molar refractivity (Wildman–Crippen MR) is 97.3 cm³/mol. The maximum atomic E-state index is 12.6. The molecule has 0 saturated heterocycles. The van der Waals surface area contributed by atoms with Crippen molar-refractivity contribution in [3.8, 4) is 11.4 Å². The highest BCUT2D eigenvalue weighted by molar-refractivity contribution is 7.90. The predicted octanol–water partition coefficient (Wildman–Crippen LogP) is 3.20. The van der Waals surface area contributed by atoms with Crippen molar-refractivity contribution in [3.63, 3.8) is 0 Å². The molecule has 0 aliphatic carbocycles. The molecule has 0 bridgehead atoms. The number of hydrogen-bond acceptors (Lipinski definition) is 6. The van der Waals surface area contributed by atoms with Crippen molar-refractivity contribution in [2.24, 2.45) is 0 Å². The first kappa shape index (κ1) is 17.4. The van der Waals surface area contributed by atoms with Crippen LogP contribution in [0.2, 0.25) is 0 Å². The van der Waals surface area contributed by atoms with E-state index in [-0.39, 0.29) is 22.9 Å². The summed E-state index contributed by atoms with van der Waals surface area (Å²) in [5.74, 6) is 0.226. The molecule has 0 fully saturated rings. The van der Waals surface area contributed by atoms with E-state index in [0.29, 0.717) is 11.7 Å². The quantitative estimate of drug-likeness (QED) is 0.687. The molecule has 1 aromatic heterocycles. The van der Waals surface area contributed by atoms with Gasteiger partial charge in [-0.15, -0.1) is 0 Å². The van der Waals surface area contributed by atoms with Crippen molar-refractivity contribution in [1.29, 1.82) is 0 Å². The van der Waals surface area contributed by atoms with Crippen LogP contribution in [0.3, 0.4) is 0 Å². The number of carbonyl (C=O) groups excluding carboxylic acids is 1. The third-order valence-corrected chi connectivity index (χ3v) is 6.28. The van der Waals surface area contributed by atoms with Gasteiger partial charge in [-0.25, -0.2) is 12.7 Å². The SMILES string of the molecule is CC(C)c1ccc(-c2noc(CN3C(=O)c4ccccc4S3(=O)=O)n2)cc1. The lowest BCUT2D eigenvalue weighted by Gasteiger charge is -2.11. The topological polar surface area (TPSA) is 93.4 Å². The molecule has 0 unspecified atom stereocenters. The Morgan fingerprint density at radius 2 is 1.78 bits per heavy atom. The highest BCUT2D eigenvalue weighted by Crippen LogP contribution is 2.31. The first-order valence-electron chi connectivity index (χ1n) is 8.47. The largest absolute Gasteiger partial charge is 0.337 e. The Hall–Kier alpha value is -3.00. The van der Waals surface area contributed by atoms with Gasteiger partial charge in [-0.3, -0.25) is 4.79 Å². The Bertz CT molecular complexity index is 1120. The lowest BCUT2D eigenvalue weighted by molar-refractivity contribution is 0.0855. The molecule has 3 aromatic rings. The molecule has 2 aromatic carbocycles. The molecule has 2 heterocycles. The third-order valence-electron chi connectivity index (χ3n) is 4.49. The zero-order valence-corrected chi connectivity index (χ0v) is 15.6. The van der Waals surface area contributed by atoms with Gasteiger partial charge in [0.1, 0.15) is 11.4 Å². The van der Waals surface area contributed by atoms with Gasteiger partial charge in [-0.1, -0.05) is 55.4 Å². The summed E-state index contributed by atoms with van der Waals surface area (Å²) in [6, 6.07) is 13.9. The molecular weight excluding hydrogens is 366 g/mol. The summed E-state index contributed by atoms with van der Waals surface area (Å²) < 4.78 is 31.1. The van der Waals surface area contributed by atoms with Gasteiger partial charge in [0.15, 0.2) is 0 Å². The number of amides is 1. The second-order valence-corrected chi connectivity index (χ2v) is 8.43. The normalized spacial score (nSPS) is 15.4. The summed E-state index contributed by atoms with van der Waals surface area (Å²) in [5.41, 5.74) is 2.10. The average Bonchev–Trinajstić information content (AvgIpc) is 3.20. The fraction of sp³-hybridized carbons (Fsp3) is 0.211. The van der Waals surface area contributed by atoms with Crippen LogP contribution in [-0.4, -0.2) is 28.8 Å². The molecule has 0 spiro atoms. The van der Waals surface area contributed by atoms with Crippen molar-refractivity contribution in [2.45, 2.75) is 31.2 Å². The Balaban J connectivity index is 1.59. The molecule has 0 N–H and O–H groups in total. The van der Waals surface area contributed by atoms with E-state index in [1.54, 1.807) is 12.1 Å². The van der Waals surface area contributed by atoms with Crippen molar-refractivity contribution >= 4 is 15.9 Å². The van der Waals surface area contributed by atoms with Crippen LogP contribution in [-0.2, 0) is 16.6 Å². The van der Waals surface area contributed by atoms with Crippen LogP contribution in [0.4, 0.5) is 0 Å². The van der Waals surface area contributed by atoms with E-state index >= 15 is 0 Å².